The van der Waals surface area contributed by atoms with Crippen LogP contribution in [0.5, 0.6) is 0 Å². The zero-order chi connectivity index (χ0) is 12.4. The van der Waals surface area contributed by atoms with E-state index in [1.54, 1.807) is 17.8 Å². The smallest absolute Gasteiger partial charge is 0.187 e. The van der Waals surface area contributed by atoms with Crippen molar-refractivity contribution >= 4 is 5.78 Å². The molecule has 0 aliphatic heterocycles. The molecule has 0 aliphatic carbocycles. The Morgan fingerprint density at radius 2 is 1.94 bits per heavy atom. The zero-order valence-electron chi connectivity index (χ0n) is 9.72. The van der Waals surface area contributed by atoms with Crippen LogP contribution < -0.4 is 0 Å². The average Bonchev–Trinajstić information content (AvgIpc) is 2.75. The molecule has 0 spiro atoms. The van der Waals surface area contributed by atoms with Gasteiger partial charge < -0.3 is 0 Å². The Labute approximate surface area is 98.9 Å². The van der Waals surface area contributed by atoms with E-state index in [1.807, 2.05) is 13.0 Å². The van der Waals surface area contributed by atoms with Gasteiger partial charge in [-0.15, -0.1) is 0 Å². The first-order chi connectivity index (χ1) is 8.08. The van der Waals surface area contributed by atoms with Gasteiger partial charge in [0.25, 0.3) is 0 Å². The van der Waals surface area contributed by atoms with Crippen molar-refractivity contribution in [2.24, 2.45) is 0 Å². The van der Waals surface area contributed by atoms with Crippen molar-refractivity contribution in [3.05, 3.63) is 53.6 Å². The van der Waals surface area contributed by atoms with Crippen molar-refractivity contribution in [2.45, 2.75) is 19.9 Å². The SMILES string of the molecule is Cc1ccn(C(C)C(=O)c2ccc(F)cc2)n1. The third-order valence-electron chi connectivity index (χ3n) is 2.65. The van der Waals surface area contributed by atoms with E-state index in [2.05, 4.69) is 5.10 Å². The highest BCUT2D eigenvalue weighted by Gasteiger charge is 2.17. The largest absolute Gasteiger partial charge is 0.292 e. The number of Topliss-reactive ketones (excluding diaryl/α,β-unsaturated/α-hetero) is 1. The molecule has 0 bridgehead atoms. The Morgan fingerprint density at radius 3 is 2.47 bits per heavy atom. The molecule has 2 aromatic rings. The molecule has 17 heavy (non-hydrogen) atoms. The molecule has 1 aromatic carbocycles. The maximum atomic E-state index is 12.7. The van der Waals surface area contributed by atoms with Gasteiger partial charge in [0.2, 0.25) is 0 Å². The number of aryl methyl sites for hydroxylation is 1. The number of nitrogens with zero attached hydrogens (tertiary/aromatic N) is 2. The first-order valence-electron chi connectivity index (χ1n) is 5.39. The number of carbonyl (C=O) groups excluding carboxylic acids is 1. The van der Waals surface area contributed by atoms with Crippen molar-refractivity contribution < 1.29 is 9.18 Å². The number of hydrogen-bond donors (Lipinski definition) is 0. The number of carbonyl (C=O) groups is 1. The molecule has 0 fully saturated rings. The van der Waals surface area contributed by atoms with E-state index in [-0.39, 0.29) is 17.6 Å². The van der Waals surface area contributed by atoms with Gasteiger partial charge in [0, 0.05) is 11.8 Å². The van der Waals surface area contributed by atoms with E-state index in [4.69, 9.17) is 0 Å². The highest BCUT2D eigenvalue weighted by molar-refractivity contribution is 5.98. The van der Waals surface area contributed by atoms with E-state index < -0.39 is 0 Å². The molecule has 1 atom stereocenters. The molecule has 0 N–H and O–H groups in total. The van der Waals surface area contributed by atoms with Crippen molar-refractivity contribution in [3.8, 4) is 0 Å². The predicted molar refractivity (Wildman–Crippen MR) is 62.4 cm³/mol. The summed E-state index contributed by atoms with van der Waals surface area (Å²) in [4.78, 5) is 12.1. The Balaban J connectivity index is 2.23. The number of benzene rings is 1. The number of hydrogen-bond acceptors (Lipinski definition) is 2. The van der Waals surface area contributed by atoms with Crippen LogP contribution >= 0.6 is 0 Å². The second-order valence-corrected chi connectivity index (χ2v) is 3.98. The van der Waals surface area contributed by atoms with E-state index in [9.17, 15) is 9.18 Å². The maximum absolute atomic E-state index is 12.7. The maximum Gasteiger partial charge on any atom is 0.187 e. The monoisotopic (exact) mass is 232 g/mol. The summed E-state index contributed by atoms with van der Waals surface area (Å²) in [5, 5.41) is 4.20. The second-order valence-electron chi connectivity index (χ2n) is 3.98. The van der Waals surface area contributed by atoms with Gasteiger partial charge in [0.1, 0.15) is 11.9 Å². The van der Waals surface area contributed by atoms with Crippen molar-refractivity contribution in [2.75, 3.05) is 0 Å². The molecule has 0 saturated carbocycles. The van der Waals surface area contributed by atoms with Crippen LogP contribution in [0.3, 0.4) is 0 Å². The lowest BCUT2D eigenvalue weighted by atomic mass is 10.1. The van der Waals surface area contributed by atoms with Crippen LogP contribution in [0.2, 0.25) is 0 Å². The molecular weight excluding hydrogens is 219 g/mol. The summed E-state index contributed by atoms with van der Waals surface area (Å²) in [6, 6.07) is 7.01. The molecule has 0 aliphatic rings. The number of rotatable bonds is 3. The third kappa shape index (κ3) is 2.41. The minimum absolute atomic E-state index is 0.0758. The third-order valence-corrected chi connectivity index (χ3v) is 2.65. The van der Waals surface area contributed by atoms with Crippen LogP contribution in [0.25, 0.3) is 0 Å². The Morgan fingerprint density at radius 1 is 1.29 bits per heavy atom. The summed E-state index contributed by atoms with van der Waals surface area (Å²) in [5.74, 6) is -0.419. The Hall–Kier alpha value is -1.97. The van der Waals surface area contributed by atoms with E-state index in [0.29, 0.717) is 5.56 Å². The van der Waals surface area contributed by atoms with Gasteiger partial charge in [-0.25, -0.2) is 4.39 Å². The lowest BCUT2D eigenvalue weighted by Crippen LogP contribution is -2.17. The zero-order valence-corrected chi connectivity index (χ0v) is 9.72. The van der Waals surface area contributed by atoms with Crippen LogP contribution in [-0.2, 0) is 0 Å². The molecular formula is C13H13FN2O. The fourth-order valence-electron chi connectivity index (χ4n) is 1.62. The highest BCUT2D eigenvalue weighted by atomic mass is 19.1. The molecule has 4 heteroatoms. The first-order valence-corrected chi connectivity index (χ1v) is 5.39. The summed E-state index contributed by atoms with van der Waals surface area (Å²) < 4.78 is 14.4. The fraction of sp³-hybridized carbons (Fsp3) is 0.231. The van der Waals surface area contributed by atoms with Gasteiger partial charge in [-0.3, -0.25) is 9.48 Å². The van der Waals surface area contributed by atoms with Crippen LogP contribution in [0, 0.1) is 12.7 Å². The molecule has 1 heterocycles. The minimum atomic E-state index is -0.380. The van der Waals surface area contributed by atoms with Gasteiger partial charge >= 0.3 is 0 Å². The Bertz CT molecular complexity index is 531. The van der Waals surface area contributed by atoms with E-state index >= 15 is 0 Å². The molecule has 88 valence electrons. The van der Waals surface area contributed by atoms with E-state index in [0.717, 1.165) is 5.69 Å². The van der Waals surface area contributed by atoms with E-state index in [1.165, 1.54) is 24.3 Å². The second kappa shape index (κ2) is 4.49. The van der Waals surface area contributed by atoms with Crippen molar-refractivity contribution in [3.63, 3.8) is 0 Å². The van der Waals surface area contributed by atoms with Gasteiger partial charge in [-0.05, 0) is 44.2 Å². The van der Waals surface area contributed by atoms with Crippen molar-refractivity contribution in [1.82, 2.24) is 9.78 Å². The molecule has 3 nitrogen and oxygen atoms in total. The molecule has 1 aromatic heterocycles. The van der Waals surface area contributed by atoms with Crippen LogP contribution in [0.15, 0.2) is 36.5 Å². The topological polar surface area (TPSA) is 34.9 Å². The van der Waals surface area contributed by atoms with Gasteiger partial charge in [-0.2, -0.15) is 5.10 Å². The molecule has 0 saturated heterocycles. The molecule has 2 rings (SSSR count). The normalized spacial score (nSPS) is 12.4. The predicted octanol–water partition coefficient (Wildman–Crippen LogP) is 2.77. The lowest BCUT2D eigenvalue weighted by molar-refractivity contribution is 0.0928. The lowest BCUT2D eigenvalue weighted by Gasteiger charge is -2.10. The van der Waals surface area contributed by atoms with Gasteiger partial charge in [0.05, 0.1) is 5.69 Å². The number of aromatic nitrogens is 2. The summed E-state index contributed by atoms with van der Waals surface area (Å²) in [6.45, 7) is 3.64. The highest BCUT2D eigenvalue weighted by Crippen LogP contribution is 2.14. The Kier molecular flexibility index (Phi) is 3.04. The number of ketones is 1. The average molecular weight is 232 g/mol. The van der Waals surface area contributed by atoms with Crippen LogP contribution in [0.4, 0.5) is 4.39 Å². The molecule has 0 radical (unpaired) electrons. The summed E-state index contributed by atoms with van der Waals surface area (Å²) in [6.07, 6.45) is 1.77. The standard InChI is InChI=1S/C13H13FN2O/c1-9-7-8-16(15-9)10(2)13(17)11-3-5-12(14)6-4-11/h3-8,10H,1-2H3. The van der Waals surface area contributed by atoms with Gasteiger partial charge in [0.15, 0.2) is 5.78 Å². The number of halogens is 1. The fourth-order valence-corrected chi connectivity index (χ4v) is 1.62. The molecule has 1 unspecified atom stereocenters. The molecule has 0 amide bonds. The van der Waals surface area contributed by atoms with Gasteiger partial charge in [-0.1, -0.05) is 0 Å². The van der Waals surface area contributed by atoms with Crippen LogP contribution in [-0.4, -0.2) is 15.6 Å². The van der Waals surface area contributed by atoms with Crippen LogP contribution in [0.1, 0.15) is 29.0 Å². The summed E-state index contributed by atoms with van der Waals surface area (Å²) in [7, 11) is 0. The van der Waals surface area contributed by atoms with Crippen molar-refractivity contribution in [1.29, 1.82) is 0 Å². The summed E-state index contributed by atoms with van der Waals surface area (Å²) in [5.41, 5.74) is 1.36. The minimum Gasteiger partial charge on any atom is -0.292 e. The first kappa shape index (κ1) is 11.5. The summed E-state index contributed by atoms with van der Waals surface area (Å²) >= 11 is 0. The quantitative estimate of drug-likeness (QED) is 0.763.